The van der Waals surface area contributed by atoms with E-state index in [1.54, 1.807) is 58.5 Å². The Kier molecular flexibility index (Phi) is 10.5. The van der Waals surface area contributed by atoms with E-state index in [0.29, 0.717) is 48.7 Å². The van der Waals surface area contributed by atoms with Gasteiger partial charge in [0.2, 0.25) is 5.91 Å². The van der Waals surface area contributed by atoms with Crippen molar-refractivity contribution in [1.29, 1.82) is 0 Å². The van der Waals surface area contributed by atoms with Crippen LogP contribution < -0.4 is 9.64 Å². The first-order valence-electron chi connectivity index (χ1n) is 15.2. The third-order valence-electron chi connectivity index (χ3n) is 7.95. The molecule has 8 nitrogen and oxygen atoms in total. The van der Waals surface area contributed by atoms with Crippen molar-refractivity contribution >= 4 is 23.6 Å². The number of halogens is 3. The van der Waals surface area contributed by atoms with Crippen LogP contribution in [0.25, 0.3) is 0 Å². The largest absolute Gasteiger partial charge is 0.494 e. The number of carbonyl (C=O) groups is 3. The Hall–Kier alpha value is -5.19. The number of amides is 2. The van der Waals surface area contributed by atoms with E-state index in [4.69, 9.17) is 9.47 Å². The first-order chi connectivity index (χ1) is 22.6. The average Bonchev–Trinajstić information content (AvgIpc) is 3.20. The molecule has 1 atom stereocenters. The number of rotatable bonds is 11. The summed E-state index contributed by atoms with van der Waals surface area (Å²) in [5.41, 5.74) is 1.98. The molecule has 1 unspecified atom stereocenters. The fourth-order valence-electron chi connectivity index (χ4n) is 5.51. The fraction of sp³-hybridized carbons (Fsp3) is 0.278. The number of esters is 1. The van der Waals surface area contributed by atoms with Gasteiger partial charge < -0.3 is 14.4 Å². The third-order valence-corrected chi connectivity index (χ3v) is 7.95. The minimum atomic E-state index is -4.47. The van der Waals surface area contributed by atoms with Crippen molar-refractivity contribution in [2.24, 2.45) is 5.92 Å². The molecule has 244 valence electrons. The van der Waals surface area contributed by atoms with Crippen LogP contribution in [0.15, 0.2) is 97.2 Å². The number of nitrogens with zero attached hydrogens (tertiary/aromatic N) is 3. The van der Waals surface area contributed by atoms with Gasteiger partial charge in [-0.2, -0.15) is 13.2 Å². The van der Waals surface area contributed by atoms with Gasteiger partial charge in [0.1, 0.15) is 11.6 Å². The SMILES string of the molecule is COC(=O)CC1Cc2ccc(OCCCN(C(=O)c3ccccc3)c3ccccn3)cc2CN(Cc2ccc(C(F)(F)F)cc2)C1=O. The summed E-state index contributed by atoms with van der Waals surface area (Å²) in [6.45, 7) is 0.907. The molecule has 0 aliphatic carbocycles. The number of fused-ring (bicyclic) bond motifs is 1. The van der Waals surface area contributed by atoms with E-state index in [1.807, 2.05) is 24.3 Å². The molecule has 1 aliphatic rings. The van der Waals surface area contributed by atoms with Crippen molar-refractivity contribution in [1.82, 2.24) is 9.88 Å². The Labute approximate surface area is 270 Å². The highest BCUT2D eigenvalue weighted by molar-refractivity contribution is 6.05. The summed E-state index contributed by atoms with van der Waals surface area (Å²) in [5, 5.41) is 0. The normalized spacial score (nSPS) is 14.6. The molecule has 0 saturated heterocycles. The quantitative estimate of drug-likeness (QED) is 0.137. The van der Waals surface area contributed by atoms with Crippen molar-refractivity contribution in [3.8, 4) is 5.75 Å². The molecule has 0 fully saturated rings. The zero-order chi connectivity index (χ0) is 33.4. The van der Waals surface area contributed by atoms with E-state index in [-0.39, 0.29) is 31.3 Å². The van der Waals surface area contributed by atoms with Gasteiger partial charge in [-0.3, -0.25) is 19.3 Å². The topological polar surface area (TPSA) is 89.0 Å². The van der Waals surface area contributed by atoms with E-state index < -0.39 is 23.6 Å². The van der Waals surface area contributed by atoms with Crippen LogP contribution in [0.5, 0.6) is 5.75 Å². The third kappa shape index (κ3) is 8.55. The molecule has 0 bridgehead atoms. The Balaban J connectivity index is 1.29. The molecule has 11 heteroatoms. The van der Waals surface area contributed by atoms with Crippen LogP contribution in [0.2, 0.25) is 0 Å². The van der Waals surface area contributed by atoms with Gasteiger partial charge in [0.25, 0.3) is 5.91 Å². The van der Waals surface area contributed by atoms with Crippen LogP contribution in [0.1, 0.15) is 45.5 Å². The van der Waals surface area contributed by atoms with Gasteiger partial charge in [0.05, 0.1) is 31.6 Å². The first-order valence-corrected chi connectivity index (χ1v) is 15.2. The summed E-state index contributed by atoms with van der Waals surface area (Å²) >= 11 is 0. The van der Waals surface area contributed by atoms with E-state index >= 15 is 0 Å². The Morgan fingerprint density at radius 1 is 0.957 bits per heavy atom. The lowest BCUT2D eigenvalue weighted by Gasteiger charge is -2.24. The molecule has 0 saturated carbocycles. The highest BCUT2D eigenvalue weighted by Gasteiger charge is 2.33. The molecule has 4 aromatic rings. The average molecular weight is 646 g/mol. The van der Waals surface area contributed by atoms with E-state index in [9.17, 15) is 27.6 Å². The molecule has 5 rings (SSSR count). The second-order valence-corrected chi connectivity index (χ2v) is 11.2. The van der Waals surface area contributed by atoms with Gasteiger partial charge >= 0.3 is 12.1 Å². The van der Waals surface area contributed by atoms with E-state index in [2.05, 4.69) is 4.98 Å². The fourth-order valence-corrected chi connectivity index (χ4v) is 5.51. The van der Waals surface area contributed by atoms with Crippen molar-refractivity contribution in [3.05, 3.63) is 125 Å². The number of pyridine rings is 1. The van der Waals surface area contributed by atoms with Crippen LogP contribution in [-0.2, 0) is 40.0 Å². The van der Waals surface area contributed by atoms with Crippen LogP contribution >= 0.6 is 0 Å². The summed E-state index contributed by atoms with van der Waals surface area (Å²) < 4.78 is 50.2. The number of aromatic nitrogens is 1. The maximum atomic E-state index is 13.6. The predicted molar refractivity (Wildman–Crippen MR) is 168 cm³/mol. The van der Waals surface area contributed by atoms with Crippen LogP contribution in [0.4, 0.5) is 19.0 Å². The van der Waals surface area contributed by atoms with E-state index in [0.717, 1.165) is 23.3 Å². The molecule has 2 amide bonds. The number of carbonyl (C=O) groups excluding carboxylic acids is 3. The maximum absolute atomic E-state index is 13.6. The number of hydrogen-bond acceptors (Lipinski definition) is 6. The molecular weight excluding hydrogens is 611 g/mol. The summed E-state index contributed by atoms with van der Waals surface area (Å²) in [5.74, 6) is -0.571. The smallest absolute Gasteiger partial charge is 0.416 e. The summed E-state index contributed by atoms with van der Waals surface area (Å²) in [6, 6.07) is 24.6. The molecule has 1 aliphatic heterocycles. The zero-order valence-electron chi connectivity index (χ0n) is 25.8. The predicted octanol–water partition coefficient (Wildman–Crippen LogP) is 6.48. The number of benzene rings is 3. The van der Waals surface area contributed by atoms with Crippen LogP contribution in [0.3, 0.4) is 0 Å². The van der Waals surface area contributed by atoms with Crippen molar-refractivity contribution in [2.75, 3.05) is 25.2 Å². The lowest BCUT2D eigenvalue weighted by molar-refractivity contribution is -0.147. The van der Waals surface area contributed by atoms with Crippen molar-refractivity contribution in [3.63, 3.8) is 0 Å². The van der Waals surface area contributed by atoms with Crippen LogP contribution in [0, 0.1) is 5.92 Å². The van der Waals surface area contributed by atoms with Gasteiger partial charge in [-0.1, -0.05) is 42.5 Å². The van der Waals surface area contributed by atoms with E-state index in [1.165, 1.54) is 19.2 Å². The second-order valence-electron chi connectivity index (χ2n) is 11.2. The number of ether oxygens (including phenoxy) is 2. The molecule has 2 heterocycles. The lowest BCUT2D eigenvalue weighted by atomic mass is 9.94. The highest BCUT2D eigenvalue weighted by Crippen LogP contribution is 2.31. The number of hydrogen-bond donors (Lipinski definition) is 0. The Bertz CT molecular complexity index is 1680. The Morgan fingerprint density at radius 3 is 2.38 bits per heavy atom. The first kappa shape index (κ1) is 33.2. The monoisotopic (exact) mass is 645 g/mol. The lowest BCUT2D eigenvalue weighted by Crippen LogP contribution is -2.35. The maximum Gasteiger partial charge on any atom is 0.416 e. The van der Waals surface area contributed by atoms with Gasteiger partial charge in [-0.05, 0) is 78.1 Å². The summed E-state index contributed by atoms with van der Waals surface area (Å²) in [7, 11) is 1.26. The number of anilines is 1. The molecule has 0 radical (unpaired) electrons. The van der Waals surface area contributed by atoms with Gasteiger partial charge in [-0.25, -0.2) is 4.98 Å². The standard InChI is InChI=1S/C36H34F3N3O5/c1-46-33(43)22-28-20-27-13-16-31(21-29(27)24-41(34(28)44)23-25-11-14-30(15-12-25)36(37,38)39)47-19-7-18-42(32-10-5-6-17-40-32)35(45)26-8-3-2-4-9-26/h2-6,8-17,21,28H,7,18-20,22-24H2,1H3. The molecule has 47 heavy (non-hydrogen) atoms. The van der Waals surface area contributed by atoms with Gasteiger partial charge in [0.15, 0.2) is 0 Å². The minimum absolute atomic E-state index is 0.0674. The van der Waals surface area contributed by atoms with Crippen molar-refractivity contribution < 1.29 is 37.0 Å². The molecular formula is C36H34F3N3O5. The Morgan fingerprint density at radius 2 is 1.70 bits per heavy atom. The van der Waals surface area contributed by atoms with Crippen molar-refractivity contribution in [2.45, 2.75) is 38.5 Å². The highest BCUT2D eigenvalue weighted by atomic mass is 19.4. The van der Waals surface area contributed by atoms with Gasteiger partial charge in [-0.15, -0.1) is 0 Å². The summed E-state index contributed by atoms with van der Waals surface area (Å²) in [6.07, 6.45) is -2.15. The molecule has 1 aromatic heterocycles. The molecule has 3 aromatic carbocycles. The number of methoxy groups -OCH3 is 1. The number of alkyl halides is 3. The van der Waals surface area contributed by atoms with Crippen LogP contribution in [-0.4, -0.2) is 47.9 Å². The summed E-state index contributed by atoms with van der Waals surface area (Å²) in [4.78, 5) is 46.6. The minimum Gasteiger partial charge on any atom is -0.494 e. The zero-order valence-corrected chi connectivity index (χ0v) is 25.8. The molecule has 0 N–H and O–H groups in total. The second kappa shape index (κ2) is 14.9. The molecule has 0 spiro atoms. The van der Waals surface area contributed by atoms with Gasteiger partial charge in [0, 0.05) is 31.4 Å².